The Balaban J connectivity index is 1.59. The number of hydrogen-bond acceptors (Lipinski definition) is 8. The number of ether oxygens (including phenoxy) is 3. The van der Waals surface area contributed by atoms with Gasteiger partial charge in [-0.1, -0.05) is 12.8 Å². The highest BCUT2D eigenvalue weighted by Gasteiger charge is 2.48. The summed E-state index contributed by atoms with van der Waals surface area (Å²) in [6.07, 6.45) is 6.10. The summed E-state index contributed by atoms with van der Waals surface area (Å²) in [5.41, 5.74) is 1.12. The number of alkyl carbamates (subject to hydrolysis) is 1. The third-order valence-electron chi connectivity index (χ3n) is 8.26. The van der Waals surface area contributed by atoms with E-state index in [-0.39, 0.29) is 41.5 Å². The molecule has 0 radical (unpaired) electrons. The Kier molecular flexibility index (Phi) is 7.98. The smallest absolute Gasteiger partial charge is 0.407 e. The number of carbonyl (C=O) groups excluding carboxylic acids is 2. The third-order valence-corrected chi connectivity index (χ3v) is 8.26. The molecule has 1 fully saturated rings. The molecule has 0 saturated heterocycles. The number of rotatable bonds is 8. The summed E-state index contributed by atoms with van der Waals surface area (Å²) in [6.45, 7) is 3.83. The lowest BCUT2D eigenvalue weighted by Gasteiger charge is -2.34. The normalized spacial score (nSPS) is 19.3. The van der Waals surface area contributed by atoms with Crippen LogP contribution in [0, 0.1) is 5.82 Å². The first-order valence-corrected chi connectivity index (χ1v) is 14.0. The van der Waals surface area contributed by atoms with E-state index in [1.165, 1.54) is 7.11 Å². The van der Waals surface area contributed by atoms with E-state index in [0.29, 0.717) is 29.2 Å². The number of halogens is 1. The molecule has 224 valence electrons. The van der Waals surface area contributed by atoms with Crippen LogP contribution in [0.1, 0.15) is 61.0 Å². The summed E-state index contributed by atoms with van der Waals surface area (Å²) in [5.74, 6) is 0.276. The van der Waals surface area contributed by atoms with Crippen LogP contribution in [0.25, 0.3) is 11.3 Å². The average Bonchev–Trinajstić information content (AvgIpc) is 3.50. The van der Waals surface area contributed by atoms with E-state index in [2.05, 4.69) is 15.7 Å². The number of benzene rings is 1. The number of amides is 2. The van der Waals surface area contributed by atoms with E-state index >= 15 is 4.39 Å². The number of nitrogens with zero attached hydrogens (tertiary/aromatic N) is 4. The van der Waals surface area contributed by atoms with Gasteiger partial charge in [-0.25, -0.2) is 14.2 Å². The molecule has 3 heterocycles. The highest BCUT2D eigenvalue weighted by Crippen LogP contribution is 2.46. The van der Waals surface area contributed by atoms with E-state index in [1.807, 2.05) is 19.9 Å². The molecule has 12 heteroatoms. The molecule has 1 aromatic carbocycles. The van der Waals surface area contributed by atoms with Crippen LogP contribution < -0.4 is 20.1 Å². The molecule has 1 saturated carbocycles. The van der Waals surface area contributed by atoms with Crippen LogP contribution in [-0.2, 0) is 23.9 Å². The van der Waals surface area contributed by atoms with Crippen molar-refractivity contribution < 1.29 is 28.2 Å². The number of aryl methyl sites for hydroxylation is 1. The second-order valence-electron chi connectivity index (χ2n) is 11.2. The second kappa shape index (κ2) is 11.5. The van der Waals surface area contributed by atoms with Crippen molar-refractivity contribution in [3.8, 4) is 22.8 Å². The summed E-state index contributed by atoms with van der Waals surface area (Å²) in [7, 11) is 6.21. The van der Waals surface area contributed by atoms with Gasteiger partial charge in [-0.05, 0) is 38.8 Å². The zero-order valence-electron chi connectivity index (χ0n) is 24.8. The van der Waals surface area contributed by atoms with Gasteiger partial charge < -0.3 is 29.7 Å². The van der Waals surface area contributed by atoms with Crippen LogP contribution in [-0.4, -0.2) is 65.1 Å². The van der Waals surface area contributed by atoms with Crippen molar-refractivity contribution in [2.75, 3.05) is 26.6 Å². The minimum Gasteiger partial charge on any atom is -0.497 e. The average molecular weight is 581 g/mol. The number of carbonyl (C=O) groups is 2. The molecule has 0 bridgehead atoms. The molecule has 2 aliphatic rings. The van der Waals surface area contributed by atoms with Gasteiger partial charge in [-0.2, -0.15) is 5.10 Å². The first-order valence-electron chi connectivity index (χ1n) is 14.0. The third kappa shape index (κ3) is 5.21. The van der Waals surface area contributed by atoms with Gasteiger partial charge in [0.2, 0.25) is 0 Å². The molecule has 2 aromatic heterocycles. The van der Waals surface area contributed by atoms with Crippen LogP contribution in [0.2, 0.25) is 0 Å². The maximum atomic E-state index is 16.6. The Labute approximate surface area is 244 Å². The van der Waals surface area contributed by atoms with Gasteiger partial charge in [0, 0.05) is 42.0 Å². The Morgan fingerprint density at radius 2 is 1.88 bits per heavy atom. The molecule has 42 heavy (non-hydrogen) atoms. The summed E-state index contributed by atoms with van der Waals surface area (Å²) in [4.78, 5) is 32.5. The van der Waals surface area contributed by atoms with Crippen LogP contribution in [0.3, 0.4) is 0 Å². The van der Waals surface area contributed by atoms with Crippen molar-refractivity contribution in [2.24, 2.45) is 7.05 Å². The molecule has 5 rings (SSSR count). The first-order chi connectivity index (χ1) is 20.1. The monoisotopic (exact) mass is 580 g/mol. The lowest BCUT2D eigenvalue weighted by molar-refractivity contribution is 0.0590. The van der Waals surface area contributed by atoms with Gasteiger partial charge in [0.05, 0.1) is 56.9 Å². The van der Waals surface area contributed by atoms with Crippen molar-refractivity contribution >= 4 is 17.8 Å². The van der Waals surface area contributed by atoms with Crippen LogP contribution >= 0.6 is 0 Å². The molecular formula is C30H37FN6O5. The van der Waals surface area contributed by atoms with Crippen molar-refractivity contribution in [2.45, 2.75) is 63.7 Å². The van der Waals surface area contributed by atoms with E-state index in [9.17, 15) is 9.59 Å². The minimum atomic E-state index is -1.03. The summed E-state index contributed by atoms with van der Waals surface area (Å²) in [6, 6.07) is 4.85. The zero-order chi connectivity index (χ0) is 30.2. The molecular weight excluding hydrogens is 543 g/mol. The fraction of sp³-hybridized carbons (Fsp3) is 0.467. The number of nitrogens with one attached hydrogen (secondary N) is 2. The number of aromatic nitrogens is 3. The quantitative estimate of drug-likeness (QED) is 0.397. The van der Waals surface area contributed by atoms with Crippen LogP contribution in [0.15, 0.2) is 30.6 Å². The molecule has 2 N–H and O–H groups in total. The van der Waals surface area contributed by atoms with E-state index in [0.717, 1.165) is 24.8 Å². The molecule has 0 spiro atoms. The van der Waals surface area contributed by atoms with Crippen molar-refractivity contribution in [3.63, 3.8) is 0 Å². The number of fused-ring (bicyclic) bond motifs is 1. The molecule has 3 aromatic rings. The van der Waals surface area contributed by atoms with Gasteiger partial charge in [0.15, 0.2) is 11.6 Å². The number of anilines is 1. The van der Waals surface area contributed by atoms with Gasteiger partial charge >= 0.3 is 6.09 Å². The molecule has 2 atom stereocenters. The lowest BCUT2D eigenvalue weighted by Crippen LogP contribution is -2.48. The predicted molar refractivity (Wildman–Crippen MR) is 154 cm³/mol. The summed E-state index contributed by atoms with van der Waals surface area (Å²) < 4.78 is 34.0. The molecule has 1 aliphatic heterocycles. The van der Waals surface area contributed by atoms with Crippen molar-refractivity contribution in [1.82, 2.24) is 25.0 Å². The van der Waals surface area contributed by atoms with Crippen molar-refractivity contribution in [1.29, 1.82) is 0 Å². The second-order valence-corrected chi connectivity index (χ2v) is 11.2. The zero-order valence-corrected chi connectivity index (χ0v) is 24.8. The molecule has 0 unspecified atom stereocenters. The standard InChI is InChI=1S/C30H37FN6O5/c1-30(2)24-23(28(38)37(30)16-17-11-12-19(40-4)13-22(17)41-5)26(18-14-32-36(3)15-18)35-27(25(24)31)33-20-9-7-8-10-21(20)34-29(39)42-6/h11-15,20-21H,7-10,16H2,1-6H3,(H,33,35)(H,34,39)/t20-,21+/m1/s1. The first kappa shape index (κ1) is 29.2. The molecule has 1 aliphatic carbocycles. The Hall–Kier alpha value is -4.35. The predicted octanol–water partition coefficient (Wildman–Crippen LogP) is 4.61. The SMILES string of the molecule is COC(=O)N[C@H]1CCCC[C@H]1Nc1nc(-c2cnn(C)c2)c2c(c1F)C(C)(C)N(Cc1ccc(OC)cc1OC)C2=O. The number of methoxy groups -OCH3 is 3. The lowest BCUT2D eigenvalue weighted by atomic mass is 9.89. The molecule has 11 nitrogen and oxygen atoms in total. The fourth-order valence-electron chi connectivity index (χ4n) is 6.00. The summed E-state index contributed by atoms with van der Waals surface area (Å²) >= 11 is 0. The highest BCUT2D eigenvalue weighted by atomic mass is 19.1. The van der Waals surface area contributed by atoms with E-state index in [4.69, 9.17) is 19.2 Å². The van der Waals surface area contributed by atoms with Crippen LogP contribution in [0.5, 0.6) is 11.5 Å². The highest BCUT2D eigenvalue weighted by molar-refractivity contribution is 6.05. The fourth-order valence-corrected chi connectivity index (χ4v) is 6.00. The minimum absolute atomic E-state index is 0.0286. The van der Waals surface area contributed by atoms with Gasteiger partial charge in [0.25, 0.3) is 5.91 Å². The number of hydrogen-bond donors (Lipinski definition) is 2. The van der Waals surface area contributed by atoms with Gasteiger partial charge in [0.1, 0.15) is 11.5 Å². The van der Waals surface area contributed by atoms with Crippen molar-refractivity contribution in [3.05, 3.63) is 53.1 Å². The largest absolute Gasteiger partial charge is 0.497 e. The topological polar surface area (TPSA) is 120 Å². The van der Waals surface area contributed by atoms with Crippen LogP contribution in [0.4, 0.5) is 15.0 Å². The number of pyridine rings is 1. The summed E-state index contributed by atoms with van der Waals surface area (Å²) in [5, 5.41) is 10.4. The maximum absolute atomic E-state index is 16.6. The maximum Gasteiger partial charge on any atom is 0.407 e. The van der Waals surface area contributed by atoms with Gasteiger partial charge in [-0.15, -0.1) is 0 Å². The Morgan fingerprint density at radius 1 is 1.14 bits per heavy atom. The van der Waals surface area contributed by atoms with Gasteiger partial charge in [-0.3, -0.25) is 9.48 Å². The molecule has 2 amide bonds. The Bertz CT molecular complexity index is 1510. The Morgan fingerprint density at radius 3 is 2.52 bits per heavy atom. The van der Waals surface area contributed by atoms with E-state index in [1.54, 1.807) is 55.4 Å². The van der Waals surface area contributed by atoms with E-state index < -0.39 is 17.4 Å².